The predicted octanol–water partition coefficient (Wildman–Crippen LogP) is 3.79. The Hall–Kier alpha value is -3.73. The van der Waals surface area contributed by atoms with Gasteiger partial charge in [0.1, 0.15) is 0 Å². The number of amides is 1. The van der Waals surface area contributed by atoms with Crippen molar-refractivity contribution in [2.75, 3.05) is 35.8 Å². The van der Waals surface area contributed by atoms with E-state index in [0.29, 0.717) is 35.9 Å². The lowest BCUT2D eigenvalue weighted by Crippen LogP contribution is -2.39. The van der Waals surface area contributed by atoms with Crippen molar-refractivity contribution < 1.29 is 17.9 Å². The highest BCUT2D eigenvalue weighted by Gasteiger charge is 2.34. The zero-order valence-corrected chi connectivity index (χ0v) is 22.3. The van der Waals surface area contributed by atoms with Crippen LogP contribution >= 0.6 is 0 Å². The quantitative estimate of drug-likeness (QED) is 0.499. The fourth-order valence-corrected chi connectivity index (χ4v) is 6.70. The molecule has 10 nitrogen and oxygen atoms in total. The standard InChI is InChI=1S/C27H30N6O4S/c1-18-6-5-13-37-26-21(15-29-33(26)38(35,36)17-19-9-10-19)22-14-20(11-12-28-22)25(34)30-27-31(2)23-7-3-4-8-24(23)32(27)16-18/h3-4,7-8,11-12,14-15,18-19H,5-6,9-10,13,16-17H2,1-2H3/b30-27+/t18-/m1/s1. The van der Waals surface area contributed by atoms with Crippen molar-refractivity contribution in [3.8, 4) is 17.1 Å². The van der Waals surface area contributed by atoms with Crippen LogP contribution in [0.3, 0.4) is 0 Å². The molecular formula is C27H30N6O4S. The Kier molecular flexibility index (Phi) is 6.17. The molecule has 4 heterocycles. The molecular weight excluding hydrogens is 504 g/mol. The van der Waals surface area contributed by atoms with Crippen molar-refractivity contribution >= 4 is 33.3 Å². The number of nitrogens with zero attached hydrogens (tertiary/aromatic N) is 6. The van der Waals surface area contributed by atoms with Crippen LogP contribution in [-0.2, 0) is 10.0 Å². The number of aromatic nitrogens is 3. The molecule has 1 aromatic carbocycles. The molecule has 38 heavy (non-hydrogen) atoms. The van der Waals surface area contributed by atoms with Gasteiger partial charge >= 0.3 is 0 Å². The van der Waals surface area contributed by atoms with Gasteiger partial charge in [-0.2, -0.15) is 10.1 Å². The third-order valence-electron chi connectivity index (χ3n) is 7.24. The Bertz CT molecular complexity index is 1530. The Balaban J connectivity index is 1.42. The number of pyridine rings is 1. The summed E-state index contributed by atoms with van der Waals surface area (Å²) >= 11 is 0. The van der Waals surface area contributed by atoms with Gasteiger partial charge in [0, 0.05) is 25.4 Å². The van der Waals surface area contributed by atoms with Crippen LogP contribution < -0.4 is 14.5 Å². The second-order valence-corrected chi connectivity index (χ2v) is 12.2. The summed E-state index contributed by atoms with van der Waals surface area (Å²) in [6, 6.07) is 11.2. The fourth-order valence-electron chi connectivity index (χ4n) is 5.04. The summed E-state index contributed by atoms with van der Waals surface area (Å²) in [6.45, 7) is 3.16. The molecule has 0 unspecified atom stereocenters. The molecule has 1 amide bonds. The van der Waals surface area contributed by atoms with Gasteiger partial charge in [-0.3, -0.25) is 9.78 Å². The van der Waals surface area contributed by atoms with Gasteiger partial charge < -0.3 is 14.5 Å². The molecule has 3 aliphatic rings. The molecule has 0 radical (unpaired) electrons. The lowest BCUT2D eigenvalue weighted by Gasteiger charge is -2.24. The number of aliphatic imine (C=N–C) groups is 1. The lowest BCUT2D eigenvalue weighted by molar-refractivity contribution is 0.100. The molecule has 1 aliphatic carbocycles. The minimum Gasteiger partial charge on any atom is -0.477 e. The van der Waals surface area contributed by atoms with Crippen molar-refractivity contribution in [2.24, 2.45) is 16.8 Å². The van der Waals surface area contributed by atoms with Gasteiger partial charge in [0.25, 0.3) is 15.9 Å². The van der Waals surface area contributed by atoms with Gasteiger partial charge in [0.15, 0.2) is 0 Å². The maximum Gasteiger partial charge on any atom is 0.280 e. The Morgan fingerprint density at radius 2 is 1.89 bits per heavy atom. The summed E-state index contributed by atoms with van der Waals surface area (Å²) < 4.78 is 33.4. The second-order valence-electron chi connectivity index (χ2n) is 10.3. The van der Waals surface area contributed by atoms with Crippen LogP contribution in [0.1, 0.15) is 43.0 Å². The summed E-state index contributed by atoms with van der Waals surface area (Å²) in [6.07, 6.45) is 6.35. The third-order valence-corrected chi connectivity index (χ3v) is 8.92. The number of benzene rings is 1. The first-order chi connectivity index (χ1) is 18.3. The SMILES string of the molecule is C[C@@H]1CCCOc2c(cnn2S(=O)(=O)CC2CC2)-c2cc(ccn2)C(=O)/N=C2\N(C)c3ccccc3N2C1. The normalized spacial score (nSPS) is 21.4. The number of hydrogen-bond acceptors (Lipinski definition) is 8. The molecule has 198 valence electrons. The van der Waals surface area contributed by atoms with Crippen LogP contribution in [0.15, 0.2) is 53.8 Å². The highest BCUT2D eigenvalue weighted by molar-refractivity contribution is 7.89. The molecule has 2 bridgehead atoms. The zero-order valence-electron chi connectivity index (χ0n) is 21.4. The van der Waals surface area contributed by atoms with Gasteiger partial charge in [-0.25, -0.2) is 8.42 Å². The zero-order chi connectivity index (χ0) is 26.4. The number of guanidine groups is 1. The van der Waals surface area contributed by atoms with Gasteiger partial charge in [-0.15, -0.1) is 4.09 Å². The molecule has 0 N–H and O–H groups in total. The van der Waals surface area contributed by atoms with Crippen LogP contribution in [0, 0.1) is 11.8 Å². The number of fused-ring (bicyclic) bond motifs is 7. The van der Waals surface area contributed by atoms with Crippen LogP contribution in [0.5, 0.6) is 5.88 Å². The van der Waals surface area contributed by atoms with E-state index in [0.717, 1.165) is 41.1 Å². The van der Waals surface area contributed by atoms with Crippen LogP contribution in [-0.4, -0.2) is 60.4 Å². The van der Waals surface area contributed by atoms with E-state index in [9.17, 15) is 13.2 Å². The smallest absolute Gasteiger partial charge is 0.280 e. The van der Waals surface area contributed by atoms with Crippen LogP contribution in [0.25, 0.3) is 11.3 Å². The highest BCUT2D eigenvalue weighted by atomic mass is 32.2. The van der Waals surface area contributed by atoms with E-state index in [1.165, 1.54) is 12.4 Å². The molecule has 0 saturated heterocycles. The number of rotatable bonds is 3. The van der Waals surface area contributed by atoms with Crippen molar-refractivity contribution in [2.45, 2.75) is 32.6 Å². The van der Waals surface area contributed by atoms with Crippen LogP contribution in [0.2, 0.25) is 0 Å². The van der Waals surface area contributed by atoms with Gasteiger partial charge in [0.05, 0.1) is 41.2 Å². The molecule has 6 rings (SSSR count). The Morgan fingerprint density at radius 1 is 1.11 bits per heavy atom. The molecule has 2 aromatic heterocycles. The number of anilines is 2. The van der Waals surface area contributed by atoms with E-state index in [1.807, 2.05) is 36.2 Å². The average molecular weight is 535 g/mol. The first-order valence-corrected chi connectivity index (χ1v) is 14.6. The Labute approximate surface area is 222 Å². The van der Waals surface area contributed by atoms with Gasteiger partial charge in [-0.1, -0.05) is 19.1 Å². The van der Waals surface area contributed by atoms with E-state index in [1.54, 1.807) is 12.1 Å². The summed E-state index contributed by atoms with van der Waals surface area (Å²) in [5, 5.41) is 4.20. The molecule has 1 fully saturated rings. The molecule has 2 aliphatic heterocycles. The van der Waals surface area contributed by atoms with Crippen molar-refractivity contribution in [3.05, 3.63) is 54.4 Å². The first-order valence-electron chi connectivity index (χ1n) is 13.0. The molecule has 1 atom stereocenters. The van der Waals surface area contributed by atoms with E-state index in [4.69, 9.17) is 4.74 Å². The van der Waals surface area contributed by atoms with Gasteiger partial charge in [-0.05, 0) is 61.8 Å². The molecule has 0 spiro atoms. The van der Waals surface area contributed by atoms with Crippen molar-refractivity contribution in [1.82, 2.24) is 14.2 Å². The number of carbonyl (C=O) groups excluding carboxylic acids is 1. The lowest BCUT2D eigenvalue weighted by atomic mass is 10.1. The molecule has 1 saturated carbocycles. The minimum absolute atomic E-state index is 0.0375. The fraction of sp³-hybridized carbons (Fsp3) is 0.407. The van der Waals surface area contributed by atoms with Crippen LogP contribution in [0.4, 0.5) is 11.4 Å². The van der Waals surface area contributed by atoms with Crippen molar-refractivity contribution in [3.63, 3.8) is 0 Å². The maximum atomic E-state index is 13.4. The minimum atomic E-state index is -3.69. The summed E-state index contributed by atoms with van der Waals surface area (Å²) in [5.74, 6) is 0.772. The molecule has 3 aromatic rings. The number of hydrogen-bond donors (Lipinski definition) is 0. The topological polar surface area (TPSA) is 110 Å². The number of para-hydroxylation sites is 2. The summed E-state index contributed by atoms with van der Waals surface area (Å²) in [5.41, 5.74) is 3.19. The monoisotopic (exact) mass is 534 g/mol. The predicted molar refractivity (Wildman–Crippen MR) is 145 cm³/mol. The van der Waals surface area contributed by atoms with E-state index >= 15 is 0 Å². The van der Waals surface area contributed by atoms with E-state index < -0.39 is 15.9 Å². The summed E-state index contributed by atoms with van der Waals surface area (Å²) in [7, 11) is -1.77. The molecule has 11 heteroatoms. The second kappa shape index (κ2) is 9.54. The number of ether oxygens (including phenoxy) is 1. The summed E-state index contributed by atoms with van der Waals surface area (Å²) in [4.78, 5) is 26.4. The number of carbonyl (C=O) groups is 1. The Morgan fingerprint density at radius 3 is 2.68 bits per heavy atom. The maximum absolute atomic E-state index is 13.4. The van der Waals surface area contributed by atoms with E-state index in [2.05, 4.69) is 26.9 Å². The highest BCUT2D eigenvalue weighted by Crippen LogP contribution is 2.38. The van der Waals surface area contributed by atoms with Crippen molar-refractivity contribution in [1.29, 1.82) is 0 Å². The largest absolute Gasteiger partial charge is 0.477 e. The third kappa shape index (κ3) is 4.55. The van der Waals surface area contributed by atoms with Gasteiger partial charge in [0.2, 0.25) is 11.8 Å². The average Bonchev–Trinajstić information content (AvgIpc) is 3.54. The first kappa shape index (κ1) is 24.6. The van der Waals surface area contributed by atoms with E-state index in [-0.39, 0.29) is 23.5 Å².